The number of hydrogen-bond acceptors (Lipinski definition) is 1. The molecule has 1 rings (SSSR count). The Morgan fingerprint density at radius 2 is 2.00 bits per heavy atom. The SMILES string of the molecule is CC(C)CC1CN(C)C(C)(C)C1. The molecule has 0 amide bonds. The maximum atomic E-state index is 2.50. The Balaban J connectivity index is 2.44. The predicted octanol–water partition coefficient (Wildman–Crippen LogP) is 2.76. The third kappa shape index (κ3) is 2.22. The second kappa shape index (κ2) is 3.37. The fourth-order valence-electron chi connectivity index (χ4n) is 2.39. The van der Waals surface area contributed by atoms with Crippen LogP contribution in [0.15, 0.2) is 0 Å². The Bertz CT molecular complexity index is 149. The molecule has 1 aliphatic rings. The molecule has 1 heterocycles. The van der Waals surface area contributed by atoms with Crippen molar-refractivity contribution in [1.82, 2.24) is 4.90 Å². The van der Waals surface area contributed by atoms with Crippen molar-refractivity contribution in [3.63, 3.8) is 0 Å². The van der Waals surface area contributed by atoms with Gasteiger partial charge in [-0.25, -0.2) is 0 Å². The molecule has 1 aliphatic heterocycles. The number of likely N-dealkylation sites (tertiary alicyclic amines) is 1. The van der Waals surface area contributed by atoms with Crippen molar-refractivity contribution in [3.8, 4) is 0 Å². The van der Waals surface area contributed by atoms with Crippen LogP contribution < -0.4 is 0 Å². The van der Waals surface area contributed by atoms with Crippen molar-refractivity contribution in [1.29, 1.82) is 0 Å². The average Bonchev–Trinajstić information content (AvgIpc) is 2.04. The Morgan fingerprint density at radius 1 is 1.42 bits per heavy atom. The van der Waals surface area contributed by atoms with Gasteiger partial charge in [0.1, 0.15) is 0 Å². The van der Waals surface area contributed by atoms with Gasteiger partial charge in [0.15, 0.2) is 0 Å². The first-order valence-electron chi connectivity index (χ1n) is 5.13. The van der Waals surface area contributed by atoms with Crippen molar-refractivity contribution in [2.75, 3.05) is 13.6 Å². The quantitative estimate of drug-likeness (QED) is 0.614. The van der Waals surface area contributed by atoms with Crippen LogP contribution in [0, 0.1) is 11.8 Å². The summed E-state index contributed by atoms with van der Waals surface area (Å²) >= 11 is 0. The van der Waals surface area contributed by atoms with Crippen LogP contribution in [0.2, 0.25) is 0 Å². The summed E-state index contributed by atoms with van der Waals surface area (Å²) in [6.45, 7) is 10.7. The van der Waals surface area contributed by atoms with E-state index in [0.717, 1.165) is 11.8 Å². The topological polar surface area (TPSA) is 3.24 Å². The van der Waals surface area contributed by atoms with E-state index in [1.165, 1.54) is 19.4 Å². The zero-order valence-electron chi connectivity index (χ0n) is 9.22. The first kappa shape index (κ1) is 10.0. The largest absolute Gasteiger partial charge is 0.301 e. The lowest BCUT2D eigenvalue weighted by atomic mass is 9.90. The highest BCUT2D eigenvalue weighted by Gasteiger charge is 2.35. The molecule has 0 saturated carbocycles. The molecule has 0 aliphatic carbocycles. The van der Waals surface area contributed by atoms with E-state index in [0.29, 0.717) is 5.54 Å². The van der Waals surface area contributed by atoms with E-state index in [9.17, 15) is 0 Å². The summed E-state index contributed by atoms with van der Waals surface area (Å²) in [5.41, 5.74) is 0.444. The van der Waals surface area contributed by atoms with Crippen LogP contribution in [0.25, 0.3) is 0 Å². The molecule has 0 bridgehead atoms. The summed E-state index contributed by atoms with van der Waals surface area (Å²) in [6, 6.07) is 0. The predicted molar refractivity (Wildman–Crippen MR) is 54.3 cm³/mol. The van der Waals surface area contributed by atoms with Crippen LogP contribution in [-0.4, -0.2) is 24.0 Å². The second-order valence-corrected chi connectivity index (χ2v) is 5.39. The number of nitrogens with zero attached hydrogens (tertiary/aromatic N) is 1. The summed E-state index contributed by atoms with van der Waals surface area (Å²) in [6.07, 6.45) is 2.77. The number of rotatable bonds is 2. The normalized spacial score (nSPS) is 30.0. The van der Waals surface area contributed by atoms with Gasteiger partial charge >= 0.3 is 0 Å². The van der Waals surface area contributed by atoms with Gasteiger partial charge in [0.05, 0.1) is 0 Å². The van der Waals surface area contributed by atoms with Gasteiger partial charge in [-0.15, -0.1) is 0 Å². The molecule has 0 aromatic carbocycles. The molecule has 0 radical (unpaired) electrons. The van der Waals surface area contributed by atoms with Gasteiger partial charge in [-0.05, 0) is 45.6 Å². The van der Waals surface area contributed by atoms with E-state index in [1.807, 2.05) is 0 Å². The molecule has 0 aromatic heterocycles. The molecular weight excluding hydrogens is 146 g/mol. The van der Waals surface area contributed by atoms with Gasteiger partial charge in [0.2, 0.25) is 0 Å². The second-order valence-electron chi connectivity index (χ2n) is 5.39. The van der Waals surface area contributed by atoms with Gasteiger partial charge in [0, 0.05) is 12.1 Å². The molecule has 1 saturated heterocycles. The summed E-state index contributed by atoms with van der Waals surface area (Å²) in [5, 5.41) is 0. The first-order valence-corrected chi connectivity index (χ1v) is 5.13. The van der Waals surface area contributed by atoms with E-state index in [2.05, 4.69) is 39.6 Å². The van der Waals surface area contributed by atoms with E-state index in [-0.39, 0.29) is 0 Å². The summed E-state index contributed by atoms with van der Waals surface area (Å²) in [7, 11) is 2.25. The zero-order valence-corrected chi connectivity index (χ0v) is 9.22. The zero-order chi connectivity index (χ0) is 9.35. The molecule has 72 valence electrons. The minimum absolute atomic E-state index is 0.444. The maximum absolute atomic E-state index is 2.50. The highest BCUT2D eigenvalue weighted by molar-refractivity contribution is 4.90. The molecule has 0 spiro atoms. The van der Waals surface area contributed by atoms with Crippen molar-refractivity contribution < 1.29 is 0 Å². The van der Waals surface area contributed by atoms with Gasteiger partial charge in [-0.2, -0.15) is 0 Å². The molecule has 1 heteroatoms. The van der Waals surface area contributed by atoms with E-state index in [4.69, 9.17) is 0 Å². The Morgan fingerprint density at radius 3 is 2.33 bits per heavy atom. The Kier molecular flexibility index (Phi) is 2.82. The lowest BCUT2D eigenvalue weighted by Crippen LogP contribution is -2.34. The van der Waals surface area contributed by atoms with Gasteiger partial charge in [-0.1, -0.05) is 13.8 Å². The van der Waals surface area contributed by atoms with Gasteiger partial charge in [0.25, 0.3) is 0 Å². The van der Waals surface area contributed by atoms with Crippen molar-refractivity contribution in [3.05, 3.63) is 0 Å². The van der Waals surface area contributed by atoms with Crippen LogP contribution in [0.4, 0.5) is 0 Å². The molecule has 1 nitrogen and oxygen atoms in total. The molecule has 0 N–H and O–H groups in total. The smallest absolute Gasteiger partial charge is 0.0153 e. The van der Waals surface area contributed by atoms with Crippen molar-refractivity contribution in [2.24, 2.45) is 11.8 Å². The molecule has 1 fully saturated rings. The Hall–Kier alpha value is -0.0400. The third-order valence-corrected chi connectivity index (χ3v) is 3.16. The molecule has 12 heavy (non-hydrogen) atoms. The van der Waals surface area contributed by atoms with Gasteiger partial charge < -0.3 is 4.90 Å². The van der Waals surface area contributed by atoms with Crippen molar-refractivity contribution in [2.45, 2.75) is 46.1 Å². The lowest BCUT2D eigenvalue weighted by Gasteiger charge is -2.26. The van der Waals surface area contributed by atoms with E-state index in [1.54, 1.807) is 0 Å². The standard InChI is InChI=1S/C11H23N/c1-9(2)6-10-7-11(3,4)12(5)8-10/h9-10H,6-8H2,1-5H3. The van der Waals surface area contributed by atoms with Crippen LogP contribution >= 0.6 is 0 Å². The molecular formula is C11H23N. The minimum atomic E-state index is 0.444. The maximum Gasteiger partial charge on any atom is 0.0153 e. The summed E-state index contributed by atoms with van der Waals surface area (Å²) in [5.74, 6) is 1.79. The van der Waals surface area contributed by atoms with Gasteiger partial charge in [-0.3, -0.25) is 0 Å². The summed E-state index contributed by atoms with van der Waals surface area (Å²) < 4.78 is 0. The van der Waals surface area contributed by atoms with Crippen LogP contribution in [-0.2, 0) is 0 Å². The van der Waals surface area contributed by atoms with E-state index >= 15 is 0 Å². The van der Waals surface area contributed by atoms with Crippen molar-refractivity contribution >= 4 is 0 Å². The summed E-state index contributed by atoms with van der Waals surface area (Å²) in [4.78, 5) is 2.50. The monoisotopic (exact) mass is 169 g/mol. The first-order chi connectivity index (χ1) is 5.42. The van der Waals surface area contributed by atoms with E-state index < -0.39 is 0 Å². The highest BCUT2D eigenvalue weighted by atomic mass is 15.2. The molecule has 1 unspecified atom stereocenters. The highest BCUT2D eigenvalue weighted by Crippen LogP contribution is 2.34. The molecule has 0 aromatic rings. The third-order valence-electron chi connectivity index (χ3n) is 3.16. The molecule has 1 atom stereocenters. The fraction of sp³-hybridized carbons (Fsp3) is 1.00. The average molecular weight is 169 g/mol. The van der Waals surface area contributed by atoms with Crippen LogP contribution in [0.3, 0.4) is 0 Å². The van der Waals surface area contributed by atoms with Crippen LogP contribution in [0.5, 0.6) is 0 Å². The lowest BCUT2D eigenvalue weighted by molar-refractivity contribution is 0.218. The van der Waals surface area contributed by atoms with Crippen LogP contribution in [0.1, 0.15) is 40.5 Å². The fourth-order valence-corrected chi connectivity index (χ4v) is 2.39. The Labute approximate surface area is 77.1 Å². The number of hydrogen-bond donors (Lipinski definition) is 0. The minimum Gasteiger partial charge on any atom is -0.301 e.